The molecule has 0 atom stereocenters. The zero-order valence-corrected chi connectivity index (χ0v) is 13.9. The minimum absolute atomic E-state index is 0.220. The van der Waals surface area contributed by atoms with E-state index >= 15 is 0 Å². The van der Waals surface area contributed by atoms with Crippen LogP contribution in [0.4, 0.5) is 0 Å². The number of amides is 1. The van der Waals surface area contributed by atoms with Crippen molar-refractivity contribution < 1.29 is 14.7 Å². The molecule has 0 aliphatic rings. The van der Waals surface area contributed by atoms with Crippen LogP contribution in [0.15, 0.2) is 72.6 Å². The van der Waals surface area contributed by atoms with Gasteiger partial charge in [0.2, 0.25) is 0 Å². The van der Waals surface area contributed by atoms with Crippen molar-refractivity contribution >= 4 is 29.3 Å². The summed E-state index contributed by atoms with van der Waals surface area (Å²) in [5.74, 6) is -1.70. The SMILES string of the molecule is O=C(O)/C(=C\c1ncc(-c2ccccc2)s1)NC(=O)c1ccccc1. The predicted molar refractivity (Wildman–Crippen MR) is 97.1 cm³/mol. The Bertz CT molecular complexity index is 918. The van der Waals surface area contributed by atoms with Crippen LogP contribution in [-0.4, -0.2) is 22.0 Å². The maximum absolute atomic E-state index is 12.1. The first-order valence-corrected chi connectivity index (χ1v) is 8.28. The highest BCUT2D eigenvalue weighted by atomic mass is 32.1. The first-order chi connectivity index (χ1) is 12.1. The van der Waals surface area contributed by atoms with E-state index in [1.807, 2.05) is 30.3 Å². The van der Waals surface area contributed by atoms with Crippen LogP contribution in [0.25, 0.3) is 16.5 Å². The van der Waals surface area contributed by atoms with Crippen molar-refractivity contribution in [2.45, 2.75) is 0 Å². The number of carboxylic acids is 1. The summed E-state index contributed by atoms with van der Waals surface area (Å²) in [4.78, 5) is 28.7. The van der Waals surface area contributed by atoms with Crippen molar-refractivity contribution in [3.8, 4) is 10.4 Å². The lowest BCUT2D eigenvalue weighted by molar-refractivity contribution is -0.132. The molecule has 0 aliphatic heterocycles. The molecule has 0 spiro atoms. The van der Waals surface area contributed by atoms with Gasteiger partial charge in [0.25, 0.3) is 5.91 Å². The highest BCUT2D eigenvalue weighted by molar-refractivity contribution is 7.15. The van der Waals surface area contributed by atoms with Crippen LogP contribution in [-0.2, 0) is 4.79 Å². The monoisotopic (exact) mass is 350 g/mol. The van der Waals surface area contributed by atoms with Gasteiger partial charge in [0, 0.05) is 17.8 Å². The van der Waals surface area contributed by atoms with Crippen LogP contribution in [0.2, 0.25) is 0 Å². The van der Waals surface area contributed by atoms with Crippen molar-refractivity contribution in [3.05, 3.63) is 83.1 Å². The van der Waals surface area contributed by atoms with Crippen molar-refractivity contribution in [3.63, 3.8) is 0 Å². The van der Waals surface area contributed by atoms with Gasteiger partial charge >= 0.3 is 5.97 Å². The number of benzene rings is 2. The largest absolute Gasteiger partial charge is 0.477 e. The molecule has 0 radical (unpaired) electrons. The number of thiazole rings is 1. The summed E-state index contributed by atoms with van der Waals surface area (Å²) in [6.45, 7) is 0. The number of hydrogen-bond donors (Lipinski definition) is 2. The van der Waals surface area contributed by atoms with E-state index in [2.05, 4.69) is 10.3 Å². The number of hydrogen-bond acceptors (Lipinski definition) is 4. The van der Waals surface area contributed by atoms with E-state index in [1.54, 1.807) is 36.5 Å². The molecule has 1 heterocycles. The number of rotatable bonds is 5. The number of carboxylic acid groups (broad SMARTS) is 1. The molecule has 3 aromatic rings. The van der Waals surface area contributed by atoms with Crippen molar-refractivity contribution in [2.75, 3.05) is 0 Å². The second kappa shape index (κ2) is 7.55. The number of aliphatic carboxylic acids is 1. The molecule has 3 rings (SSSR count). The number of nitrogens with zero attached hydrogens (tertiary/aromatic N) is 1. The van der Waals surface area contributed by atoms with Gasteiger partial charge in [-0.15, -0.1) is 11.3 Å². The molecule has 0 unspecified atom stereocenters. The van der Waals surface area contributed by atoms with E-state index in [1.165, 1.54) is 17.4 Å². The summed E-state index contributed by atoms with van der Waals surface area (Å²) in [5.41, 5.74) is 1.17. The lowest BCUT2D eigenvalue weighted by atomic mass is 10.2. The Morgan fingerprint density at radius 1 is 1.00 bits per heavy atom. The van der Waals surface area contributed by atoms with Crippen LogP contribution < -0.4 is 5.32 Å². The molecule has 0 aliphatic carbocycles. The topological polar surface area (TPSA) is 79.3 Å². The number of carbonyl (C=O) groups excluding carboxylic acids is 1. The van der Waals surface area contributed by atoms with Crippen molar-refractivity contribution in [2.24, 2.45) is 0 Å². The fourth-order valence-electron chi connectivity index (χ4n) is 2.15. The molecule has 6 heteroatoms. The minimum Gasteiger partial charge on any atom is -0.477 e. The molecule has 0 bridgehead atoms. The molecular weight excluding hydrogens is 336 g/mol. The average molecular weight is 350 g/mol. The third-order valence-corrected chi connectivity index (χ3v) is 4.36. The lowest BCUT2D eigenvalue weighted by Crippen LogP contribution is -2.27. The Morgan fingerprint density at radius 3 is 2.28 bits per heavy atom. The molecule has 5 nitrogen and oxygen atoms in total. The van der Waals surface area contributed by atoms with Crippen LogP contribution in [0, 0.1) is 0 Å². The van der Waals surface area contributed by atoms with Crippen LogP contribution in [0.3, 0.4) is 0 Å². The molecule has 25 heavy (non-hydrogen) atoms. The van der Waals surface area contributed by atoms with Gasteiger partial charge in [-0.3, -0.25) is 4.79 Å². The zero-order chi connectivity index (χ0) is 17.6. The standard InChI is InChI=1S/C19H14N2O3S/c22-18(14-9-5-2-6-10-14)21-15(19(23)24)11-17-20-12-16(25-17)13-7-3-1-4-8-13/h1-12H,(H,21,22)(H,23,24)/b15-11+. The highest BCUT2D eigenvalue weighted by Gasteiger charge is 2.14. The number of nitrogens with one attached hydrogen (secondary N) is 1. The molecule has 124 valence electrons. The van der Waals surface area contributed by atoms with Gasteiger partial charge in [0.05, 0.1) is 4.88 Å². The van der Waals surface area contributed by atoms with Gasteiger partial charge in [-0.25, -0.2) is 9.78 Å². The third kappa shape index (κ3) is 4.19. The summed E-state index contributed by atoms with van der Waals surface area (Å²) in [5, 5.41) is 12.3. The quantitative estimate of drug-likeness (QED) is 0.688. The lowest BCUT2D eigenvalue weighted by Gasteiger charge is -2.05. The molecule has 1 aromatic heterocycles. The van der Waals surface area contributed by atoms with E-state index in [4.69, 9.17) is 0 Å². The predicted octanol–water partition coefficient (Wildman–Crippen LogP) is 3.67. The molecule has 0 saturated carbocycles. The summed E-state index contributed by atoms with van der Waals surface area (Å²) in [6.07, 6.45) is 3.05. The smallest absolute Gasteiger partial charge is 0.352 e. The van der Waals surface area contributed by atoms with Gasteiger partial charge in [-0.2, -0.15) is 0 Å². The minimum atomic E-state index is -1.22. The van der Waals surface area contributed by atoms with Crippen molar-refractivity contribution in [1.82, 2.24) is 10.3 Å². The van der Waals surface area contributed by atoms with E-state index in [-0.39, 0.29) is 5.70 Å². The molecule has 0 saturated heterocycles. The molecule has 2 aromatic carbocycles. The maximum Gasteiger partial charge on any atom is 0.352 e. The Hall–Kier alpha value is -3.25. The fourth-order valence-corrected chi connectivity index (χ4v) is 3.02. The molecule has 0 fully saturated rings. The third-order valence-electron chi connectivity index (χ3n) is 3.36. The Balaban J connectivity index is 1.82. The number of aromatic nitrogens is 1. The fraction of sp³-hybridized carbons (Fsp3) is 0. The Morgan fingerprint density at radius 2 is 1.64 bits per heavy atom. The Kier molecular flexibility index (Phi) is 5.01. The maximum atomic E-state index is 12.1. The first-order valence-electron chi connectivity index (χ1n) is 7.46. The van der Waals surface area contributed by atoms with Gasteiger partial charge < -0.3 is 10.4 Å². The van der Waals surface area contributed by atoms with Gasteiger partial charge in [0.1, 0.15) is 10.7 Å². The van der Waals surface area contributed by atoms with Gasteiger partial charge in [0.15, 0.2) is 0 Å². The van der Waals surface area contributed by atoms with E-state index in [0.717, 1.165) is 10.4 Å². The molecule has 2 N–H and O–H groups in total. The van der Waals surface area contributed by atoms with E-state index in [0.29, 0.717) is 10.6 Å². The number of carbonyl (C=O) groups is 2. The van der Waals surface area contributed by atoms with Gasteiger partial charge in [-0.1, -0.05) is 48.5 Å². The van der Waals surface area contributed by atoms with Crippen molar-refractivity contribution in [1.29, 1.82) is 0 Å². The first kappa shape index (κ1) is 16.6. The summed E-state index contributed by atoms with van der Waals surface area (Å²) in [7, 11) is 0. The van der Waals surface area contributed by atoms with Crippen LogP contribution in [0.5, 0.6) is 0 Å². The second-order valence-electron chi connectivity index (χ2n) is 5.11. The summed E-state index contributed by atoms with van der Waals surface area (Å²) < 4.78 is 0. The summed E-state index contributed by atoms with van der Waals surface area (Å²) in [6, 6.07) is 18.1. The van der Waals surface area contributed by atoms with E-state index < -0.39 is 11.9 Å². The molecular formula is C19H14N2O3S. The highest BCUT2D eigenvalue weighted by Crippen LogP contribution is 2.26. The summed E-state index contributed by atoms with van der Waals surface area (Å²) >= 11 is 1.35. The second-order valence-corrected chi connectivity index (χ2v) is 6.17. The van der Waals surface area contributed by atoms with Gasteiger partial charge in [-0.05, 0) is 17.7 Å². The Labute approximate surface area is 148 Å². The molecule has 1 amide bonds. The zero-order valence-electron chi connectivity index (χ0n) is 13.0. The van der Waals surface area contributed by atoms with E-state index in [9.17, 15) is 14.7 Å². The van der Waals surface area contributed by atoms with Crippen LogP contribution in [0.1, 0.15) is 15.4 Å². The normalized spacial score (nSPS) is 11.1. The average Bonchev–Trinajstić information content (AvgIpc) is 3.11. The van der Waals surface area contributed by atoms with Crippen LogP contribution >= 0.6 is 11.3 Å².